The Balaban J connectivity index is 2.54. The first-order chi connectivity index (χ1) is 9.08. The van der Waals surface area contributed by atoms with Crippen LogP contribution in [0.1, 0.15) is 19.4 Å². The Morgan fingerprint density at radius 1 is 1.42 bits per heavy atom. The second kappa shape index (κ2) is 7.70. The fourth-order valence-corrected chi connectivity index (χ4v) is 1.72. The number of rotatable bonds is 7. The molecule has 1 rings (SSSR count). The predicted octanol–water partition coefficient (Wildman–Crippen LogP) is 0.403. The fraction of sp³-hybridized carbons (Fsp3) is 0.545. The molecule has 0 aliphatic heterocycles. The van der Waals surface area contributed by atoms with Gasteiger partial charge in [0, 0.05) is 13.1 Å². The SMILES string of the molecule is CCN(CC)CCNN=Cc1c(O)[nH]c(=S)[nH]c1=O. The summed E-state index contributed by atoms with van der Waals surface area (Å²) < 4.78 is 0.0779. The molecule has 0 aliphatic rings. The molecule has 0 radical (unpaired) electrons. The van der Waals surface area contributed by atoms with Crippen LogP contribution in [-0.4, -0.2) is 52.4 Å². The lowest BCUT2D eigenvalue weighted by Gasteiger charge is -2.16. The van der Waals surface area contributed by atoms with Gasteiger partial charge in [0.2, 0.25) is 5.88 Å². The molecule has 0 amide bonds. The number of aromatic hydroxyl groups is 1. The van der Waals surface area contributed by atoms with E-state index >= 15 is 0 Å². The number of hydrogen-bond acceptors (Lipinski definition) is 6. The van der Waals surface area contributed by atoms with Gasteiger partial charge >= 0.3 is 0 Å². The maximum absolute atomic E-state index is 11.5. The Morgan fingerprint density at radius 2 is 2.11 bits per heavy atom. The molecular formula is C11H19N5O2S. The maximum atomic E-state index is 11.5. The summed E-state index contributed by atoms with van der Waals surface area (Å²) in [5.74, 6) is -0.289. The lowest BCUT2D eigenvalue weighted by Crippen LogP contribution is -2.30. The Bertz CT molecular complexity index is 533. The summed E-state index contributed by atoms with van der Waals surface area (Å²) >= 11 is 4.72. The molecule has 0 unspecified atom stereocenters. The van der Waals surface area contributed by atoms with E-state index in [1.54, 1.807) is 0 Å². The number of H-pyrrole nitrogens is 2. The highest BCUT2D eigenvalue weighted by Gasteiger charge is 2.03. The Kier molecular flexibility index (Phi) is 6.23. The molecule has 0 aromatic carbocycles. The van der Waals surface area contributed by atoms with Crippen molar-refractivity contribution >= 4 is 18.4 Å². The highest BCUT2D eigenvalue weighted by atomic mass is 32.1. The van der Waals surface area contributed by atoms with E-state index in [0.717, 1.165) is 19.6 Å². The van der Waals surface area contributed by atoms with Gasteiger partial charge in [-0.25, -0.2) is 0 Å². The van der Waals surface area contributed by atoms with Crippen LogP contribution in [0.3, 0.4) is 0 Å². The molecule has 0 spiro atoms. The summed E-state index contributed by atoms with van der Waals surface area (Å²) in [6.45, 7) is 7.69. The maximum Gasteiger partial charge on any atom is 0.264 e. The van der Waals surface area contributed by atoms with Crippen molar-refractivity contribution in [1.82, 2.24) is 20.3 Å². The zero-order valence-corrected chi connectivity index (χ0v) is 11.9. The highest BCUT2D eigenvalue weighted by molar-refractivity contribution is 7.71. The smallest absolute Gasteiger partial charge is 0.264 e. The summed E-state index contributed by atoms with van der Waals surface area (Å²) in [4.78, 5) is 18.6. The number of nitrogens with zero attached hydrogens (tertiary/aromatic N) is 2. The van der Waals surface area contributed by atoms with E-state index in [9.17, 15) is 9.90 Å². The van der Waals surface area contributed by atoms with Crippen molar-refractivity contribution in [3.63, 3.8) is 0 Å². The molecular weight excluding hydrogens is 266 g/mol. The summed E-state index contributed by atoms with van der Waals surface area (Å²) in [6, 6.07) is 0. The average molecular weight is 285 g/mol. The molecule has 8 heteroatoms. The monoisotopic (exact) mass is 285 g/mol. The summed E-state index contributed by atoms with van der Waals surface area (Å²) in [5, 5.41) is 13.4. The lowest BCUT2D eigenvalue weighted by molar-refractivity contribution is 0.303. The van der Waals surface area contributed by atoms with Crippen LogP contribution in [0.25, 0.3) is 0 Å². The normalized spacial score (nSPS) is 11.3. The van der Waals surface area contributed by atoms with Crippen molar-refractivity contribution < 1.29 is 5.11 Å². The van der Waals surface area contributed by atoms with Crippen molar-refractivity contribution in [3.05, 3.63) is 20.7 Å². The minimum atomic E-state index is -0.476. The number of aromatic nitrogens is 2. The van der Waals surface area contributed by atoms with Crippen molar-refractivity contribution in [2.75, 3.05) is 26.2 Å². The molecule has 1 aromatic rings. The van der Waals surface area contributed by atoms with Gasteiger partial charge in [0.05, 0.1) is 6.21 Å². The van der Waals surface area contributed by atoms with Crippen LogP contribution in [-0.2, 0) is 0 Å². The second-order valence-electron chi connectivity index (χ2n) is 3.86. The third kappa shape index (κ3) is 4.84. The first kappa shape index (κ1) is 15.4. The molecule has 106 valence electrons. The van der Waals surface area contributed by atoms with Crippen LogP contribution in [0.5, 0.6) is 5.88 Å². The number of nitrogens with one attached hydrogen (secondary N) is 3. The second-order valence-corrected chi connectivity index (χ2v) is 4.27. The zero-order chi connectivity index (χ0) is 14.3. The van der Waals surface area contributed by atoms with Crippen molar-refractivity contribution in [3.8, 4) is 5.88 Å². The minimum Gasteiger partial charge on any atom is -0.494 e. The van der Waals surface area contributed by atoms with Gasteiger partial charge in [0.25, 0.3) is 5.56 Å². The van der Waals surface area contributed by atoms with Gasteiger partial charge in [-0.05, 0) is 25.3 Å². The van der Waals surface area contributed by atoms with Crippen LogP contribution in [0.2, 0.25) is 0 Å². The Labute approximate surface area is 116 Å². The molecule has 0 aliphatic carbocycles. The molecule has 7 nitrogen and oxygen atoms in total. The van der Waals surface area contributed by atoms with E-state index in [1.807, 2.05) is 0 Å². The van der Waals surface area contributed by atoms with E-state index in [0.29, 0.717) is 6.54 Å². The molecule has 0 saturated carbocycles. The van der Waals surface area contributed by atoms with Crippen LogP contribution in [0, 0.1) is 4.77 Å². The minimum absolute atomic E-state index is 0.0453. The molecule has 0 bridgehead atoms. The van der Waals surface area contributed by atoms with Crippen molar-refractivity contribution in [1.29, 1.82) is 0 Å². The number of aromatic amines is 2. The first-order valence-electron chi connectivity index (χ1n) is 6.12. The van der Waals surface area contributed by atoms with Crippen LogP contribution in [0.4, 0.5) is 0 Å². The number of likely N-dealkylation sites (N-methyl/N-ethyl adjacent to an activating group) is 1. The largest absolute Gasteiger partial charge is 0.494 e. The first-order valence-corrected chi connectivity index (χ1v) is 6.53. The van der Waals surface area contributed by atoms with Crippen molar-refractivity contribution in [2.24, 2.45) is 5.10 Å². The number of hydrogen-bond donors (Lipinski definition) is 4. The van der Waals surface area contributed by atoms with E-state index in [4.69, 9.17) is 12.2 Å². The summed E-state index contributed by atoms with van der Waals surface area (Å²) in [6.07, 6.45) is 1.27. The van der Waals surface area contributed by atoms with E-state index in [1.165, 1.54) is 6.21 Å². The van der Waals surface area contributed by atoms with Crippen LogP contribution in [0.15, 0.2) is 9.90 Å². The quantitative estimate of drug-likeness (QED) is 0.252. The average Bonchev–Trinajstić information content (AvgIpc) is 2.36. The molecule has 1 aromatic heterocycles. The Hall–Kier alpha value is -1.67. The number of hydrazone groups is 1. The highest BCUT2D eigenvalue weighted by Crippen LogP contribution is 2.03. The van der Waals surface area contributed by atoms with E-state index in [2.05, 4.69) is 39.2 Å². The van der Waals surface area contributed by atoms with Gasteiger partial charge in [-0.1, -0.05) is 13.8 Å². The van der Waals surface area contributed by atoms with E-state index in [-0.39, 0.29) is 16.2 Å². The Morgan fingerprint density at radius 3 is 2.68 bits per heavy atom. The molecule has 0 fully saturated rings. The van der Waals surface area contributed by atoms with Gasteiger partial charge in [0.1, 0.15) is 5.56 Å². The zero-order valence-electron chi connectivity index (χ0n) is 11.1. The molecule has 4 N–H and O–H groups in total. The van der Waals surface area contributed by atoms with Gasteiger partial charge < -0.3 is 20.4 Å². The molecule has 1 heterocycles. The predicted molar refractivity (Wildman–Crippen MR) is 77.3 cm³/mol. The lowest BCUT2D eigenvalue weighted by atomic mass is 10.3. The summed E-state index contributed by atoms with van der Waals surface area (Å²) in [7, 11) is 0. The summed E-state index contributed by atoms with van der Waals surface area (Å²) in [5.41, 5.74) is 2.39. The topological polar surface area (TPSA) is 96.5 Å². The van der Waals surface area contributed by atoms with Crippen LogP contribution >= 0.6 is 12.2 Å². The standard InChI is InChI=1S/C11H19N5O2S/c1-3-16(4-2)6-5-12-13-7-8-9(17)14-11(19)15-10(8)18/h7,12H,3-6H2,1-2H3,(H3,14,15,17,18,19). The van der Waals surface area contributed by atoms with Gasteiger partial charge in [-0.15, -0.1) is 0 Å². The van der Waals surface area contributed by atoms with Gasteiger partial charge in [-0.2, -0.15) is 5.10 Å². The third-order valence-electron chi connectivity index (χ3n) is 2.68. The van der Waals surface area contributed by atoms with Gasteiger partial charge in [-0.3, -0.25) is 9.78 Å². The van der Waals surface area contributed by atoms with Gasteiger partial charge in [0.15, 0.2) is 4.77 Å². The molecule has 0 saturated heterocycles. The van der Waals surface area contributed by atoms with Crippen molar-refractivity contribution in [2.45, 2.75) is 13.8 Å². The third-order valence-corrected chi connectivity index (χ3v) is 2.88. The van der Waals surface area contributed by atoms with E-state index < -0.39 is 5.56 Å². The molecule has 0 atom stereocenters. The molecule has 19 heavy (non-hydrogen) atoms. The fourth-order valence-electron chi connectivity index (χ4n) is 1.53. The van der Waals surface area contributed by atoms with Crippen LogP contribution < -0.4 is 11.0 Å².